The largest absolute Gasteiger partial charge is 0.360 e. The van der Waals surface area contributed by atoms with E-state index >= 15 is 0 Å². The van der Waals surface area contributed by atoms with Gasteiger partial charge in [0.25, 0.3) is 0 Å². The van der Waals surface area contributed by atoms with Crippen molar-refractivity contribution in [3.05, 3.63) is 87.1 Å². The minimum atomic E-state index is -3.34. The van der Waals surface area contributed by atoms with Crippen molar-refractivity contribution < 1.29 is 17.7 Å². The molecule has 3 aromatic heterocycles. The molecule has 1 aliphatic rings. The maximum absolute atomic E-state index is 12.7. The van der Waals surface area contributed by atoms with Gasteiger partial charge in [0, 0.05) is 40.5 Å². The average Bonchev–Trinajstić information content (AvgIpc) is 3.74. The van der Waals surface area contributed by atoms with E-state index in [-0.39, 0.29) is 5.91 Å². The third kappa shape index (κ3) is 6.33. The van der Waals surface area contributed by atoms with Gasteiger partial charge in [-0.05, 0) is 60.5 Å². The number of sulfonamides is 1. The van der Waals surface area contributed by atoms with Crippen molar-refractivity contribution in [3.63, 3.8) is 0 Å². The number of piperidine rings is 1. The fourth-order valence-electron chi connectivity index (χ4n) is 5.30. The third-order valence-electron chi connectivity index (χ3n) is 7.40. The Balaban J connectivity index is 1.18. The minimum Gasteiger partial charge on any atom is -0.360 e. The van der Waals surface area contributed by atoms with Crippen LogP contribution in [0.15, 0.2) is 75.9 Å². The molecule has 1 aliphatic heterocycles. The lowest BCUT2D eigenvalue weighted by atomic mass is 9.97. The van der Waals surface area contributed by atoms with Crippen LogP contribution in [0.1, 0.15) is 34.4 Å². The monoisotopic (exact) mass is 618 g/mol. The quantitative estimate of drug-likeness (QED) is 0.205. The zero-order valence-corrected chi connectivity index (χ0v) is 25.7. The molecule has 5 aromatic rings. The van der Waals surface area contributed by atoms with Gasteiger partial charge < -0.3 is 9.42 Å². The van der Waals surface area contributed by atoms with Gasteiger partial charge in [0.15, 0.2) is 0 Å². The molecule has 11 heteroatoms. The first-order chi connectivity index (χ1) is 20.2. The molecule has 42 heavy (non-hydrogen) atoms. The molecule has 1 amide bonds. The summed E-state index contributed by atoms with van der Waals surface area (Å²) in [6.07, 6.45) is 3.41. The molecule has 0 aliphatic carbocycles. The average molecular weight is 619 g/mol. The molecule has 0 bridgehead atoms. The number of hydrogen-bond acceptors (Lipinski definition) is 8. The number of nitrogens with zero attached hydrogens (tertiary/aromatic N) is 3. The summed E-state index contributed by atoms with van der Waals surface area (Å²) < 4.78 is 31.2. The van der Waals surface area contributed by atoms with Gasteiger partial charge in [-0.25, -0.2) is 13.4 Å². The van der Waals surface area contributed by atoms with E-state index in [0.29, 0.717) is 23.8 Å². The number of benzene rings is 2. The zero-order chi connectivity index (χ0) is 29.3. The molecule has 6 rings (SSSR count). The van der Waals surface area contributed by atoms with Crippen LogP contribution in [0.25, 0.3) is 33.6 Å². The van der Waals surface area contributed by atoms with Gasteiger partial charge in [-0.15, -0.1) is 22.7 Å². The Morgan fingerprint density at radius 3 is 2.50 bits per heavy atom. The second kappa shape index (κ2) is 11.8. The molecular weight excluding hydrogens is 589 g/mol. The number of likely N-dealkylation sites (tertiary alicyclic amines) is 1. The Hall–Kier alpha value is -3.80. The topological polar surface area (TPSA) is 105 Å². The minimum absolute atomic E-state index is 0.198. The second-order valence-electron chi connectivity index (χ2n) is 10.5. The van der Waals surface area contributed by atoms with Crippen LogP contribution in [-0.4, -0.2) is 48.7 Å². The van der Waals surface area contributed by atoms with E-state index in [0.717, 1.165) is 75.7 Å². The summed E-state index contributed by atoms with van der Waals surface area (Å²) in [5.74, 6) is 1.23. The summed E-state index contributed by atoms with van der Waals surface area (Å²) in [6, 6.07) is 19.3. The first-order valence-electron chi connectivity index (χ1n) is 13.6. The Morgan fingerprint density at radius 2 is 1.79 bits per heavy atom. The summed E-state index contributed by atoms with van der Waals surface area (Å²) in [5.41, 5.74) is 5.81. The number of anilines is 1. The first-order valence-corrected chi connectivity index (χ1v) is 17.3. The molecule has 1 N–H and O–H groups in total. The van der Waals surface area contributed by atoms with E-state index in [1.165, 1.54) is 0 Å². The molecule has 8 nitrogen and oxygen atoms in total. The molecule has 1 fully saturated rings. The highest BCUT2D eigenvalue weighted by Gasteiger charge is 2.27. The van der Waals surface area contributed by atoms with Crippen LogP contribution in [0, 0.1) is 6.92 Å². The number of nitrogens with one attached hydrogen (secondary N) is 1. The molecule has 0 atom stereocenters. The fraction of sp³-hybridized carbons (Fsp3) is 0.258. The van der Waals surface area contributed by atoms with Gasteiger partial charge in [0.05, 0.1) is 28.9 Å². The smallest absolute Gasteiger partial charge is 0.229 e. The highest BCUT2D eigenvalue weighted by Crippen LogP contribution is 2.39. The predicted molar refractivity (Wildman–Crippen MR) is 168 cm³/mol. The highest BCUT2D eigenvalue weighted by molar-refractivity contribution is 7.92. The van der Waals surface area contributed by atoms with Crippen LogP contribution in [-0.2, 0) is 21.2 Å². The van der Waals surface area contributed by atoms with Crippen LogP contribution in [0.3, 0.4) is 0 Å². The zero-order valence-electron chi connectivity index (χ0n) is 23.2. The molecule has 0 saturated carbocycles. The van der Waals surface area contributed by atoms with Crippen LogP contribution >= 0.6 is 22.7 Å². The third-order valence-corrected chi connectivity index (χ3v) is 9.89. The molecule has 0 radical (unpaired) electrons. The van der Waals surface area contributed by atoms with E-state index < -0.39 is 10.0 Å². The maximum Gasteiger partial charge on any atom is 0.229 e. The number of carbonyl (C=O) groups is 1. The molecule has 216 valence electrons. The van der Waals surface area contributed by atoms with Gasteiger partial charge in [-0.3, -0.25) is 9.52 Å². The molecule has 0 unspecified atom stereocenters. The van der Waals surface area contributed by atoms with Crippen molar-refractivity contribution in [3.8, 4) is 33.6 Å². The maximum atomic E-state index is 12.7. The lowest BCUT2D eigenvalue weighted by molar-refractivity contribution is -0.131. The summed E-state index contributed by atoms with van der Waals surface area (Å²) in [4.78, 5) is 20.9. The Morgan fingerprint density at radius 1 is 1.02 bits per heavy atom. The van der Waals surface area contributed by atoms with Gasteiger partial charge in [-0.1, -0.05) is 41.6 Å². The van der Waals surface area contributed by atoms with Crippen molar-refractivity contribution in [2.45, 2.75) is 32.1 Å². The molecule has 4 heterocycles. The van der Waals surface area contributed by atoms with Crippen molar-refractivity contribution in [2.75, 3.05) is 24.1 Å². The summed E-state index contributed by atoms with van der Waals surface area (Å²) in [5, 5.41) is 9.57. The first kappa shape index (κ1) is 28.3. The highest BCUT2D eigenvalue weighted by atomic mass is 32.2. The van der Waals surface area contributed by atoms with Gasteiger partial charge in [0.2, 0.25) is 15.9 Å². The number of thiophene rings is 1. The Kier molecular flexibility index (Phi) is 7.98. The Labute approximate surface area is 253 Å². The number of carbonyl (C=O) groups excluding carboxylic acids is 1. The normalized spacial score (nSPS) is 14.3. The van der Waals surface area contributed by atoms with E-state index in [9.17, 15) is 13.2 Å². The number of thiazole rings is 1. The number of aromatic nitrogens is 2. The number of hydrogen-bond donors (Lipinski definition) is 1. The Bertz CT molecular complexity index is 1800. The second-order valence-corrected chi connectivity index (χ2v) is 14.1. The number of rotatable bonds is 8. The van der Waals surface area contributed by atoms with Crippen LogP contribution in [0.4, 0.5) is 5.69 Å². The van der Waals surface area contributed by atoms with Crippen molar-refractivity contribution >= 4 is 44.3 Å². The van der Waals surface area contributed by atoms with E-state index in [2.05, 4.69) is 21.3 Å². The molecule has 1 saturated heterocycles. The molecule has 0 spiro atoms. The van der Waals surface area contributed by atoms with Crippen molar-refractivity contribution in [2.24, 2.45) is 0 Å². The number of amides is 1. The fourth-order valence-corrected chi connectivity index (χ4v) is 7.54. The van der Waals surface area contributed by atoms with Crippen molar-refractivity contribution in [1.82, 2.24) is 15.0 Å². The molecule has 2 aromatic carbocycles. The lowest BCUT2D eigenvalue weighted by Gasteiger charge is -2.31. The lowest BCUT2D eigenvalue weighted by Crippen LogP contribution is -2.38. The number of aryl methyl sites for hydroxylation is 1. The summed E-state index contributed by atoms with van der Waals surface area (Å²) in [7, 11) is -3.34. The van der Waals surface area contributed by atoms with E-state index in [1.54, 1.807) is 34.8 Å². The van der Waals surface area contributed by atoms with Crippen molar-refractivity contribution in [1.29, 1.82) is 0 Å². The van der Waals surface area contributed by atoms with Crippen LogP contribution in [0.5, 0.6) is 0 Å². The van der Waals surface area contributed by atoms with Gasteiger partial charge in [0.1, 0.15) is 11.5 Å². The van der Waals surface area contributed by atoms with Gasteiger partial charge in [-0.2, -0.15) is 0 Å². The summed E-state index contributed by atoms with van der Waals surface area (Å²) >= 11 is 3.28. The van der Waals surface area contributed by atoms with Crippen LogP contribution < -0.4 is 4.72 Å². The standard InChI is InChI=1S/C31H30N4O4S3/c1-20-29(27-19-41-31(32-27)22-12-14-35(15-13-22)28(36)18-26-7-4-16-40-26)30(33-39-20)24-6-3-5-23(17-24)21-8-10-25(11-9-21)34-42(2,37)38/h3-11,16-17,19,22,34H,12-15,18H2,1-2H3. The SMILES string of the molecule is Cc1onc(-c2cccc(-c3ccc(NS(C)(=O)=O)cc3)c2)c1-c1csc(C2CCN(C(=O)Cc3cccs3)CC2)n1. The van der Waals surface area contributed by atoms with E-state index in [4.69, 9.17) is 9.51 Å². The van der Waals surface area contributed by atoms with Crippen LogP contribution in [0.2, 0.25) is 0 Å². The van der Waals surface area contributed by atoms with E-state index in [1.807, 2.05) is 59.7 Å². The van der Waals surface area contributed by atoms with Gasteiger partial charge >= 0.3 is 0 Å². The molecular formula is C31H30N4O4S3. The summed E-state index contributed by atoms with van der Waals surface area (Å²) in [6.45, 7) is 3.40. The predicted octanol–water partition coefficient (Wildman–Crippen LogP) is 6.82.